The van der Waals surface area contributed by atoms with Crippen LogP contribution >= 0.6 is 0 Å². The number of hydrogen-bond donors (Lipinski definition) is 2. The molecule has 0 saturated carbocycles. The number of carbonyl (C=O) groups excluding carboxylic acids is 1. The summed E-state index contributed by atoms with van der Waals surface area (Å²) in [6.07, 6.45) is 1.49. The Kier molecular flexibility index (Phi) is 5.43. The first kappa shape index (κ1) is 17.8. The molecule has 0 aliphatic heterocycles. The van der Waals surface area contributed by atoms with E-state index in [0.717, 1.165) is 5.56 Å². The van der Waals surface area contributed by atoms with E-state index in [-0.39, 0.29) is 17.8 Å². The lowest BCUT2D eigenvalue weighted by molar-refractivity contribution is 0.0942. The van der Waals surface area contributed by atoms with Crippen LogP contribution in [-0.4, -0.2) is 41.6 Å². The van der Waals surface area contributed by atoms with Gasteiger partial charge in [-0.15, -0.1) is 0 Å². The first-order chi connectivity index (χ1) is 12.6. The SMILES string of the molecule is CN(C)[C@@H](CNC(=O)c1cn[nH]c1-c1ccc(F)cc1)c1ccccc1. The normalized spacial score (nSPS) is 12.2. The summed E-state index contributed by atoms with van der Waals surface area (Å²) in [5.74, 6) is -0.545. The second kappa shape index (κ2) is 7.93. The van der Waals surface area contributed by atoms with E-state index in [2.05, 4.69) is 20.4 Å². The van der Waals surface area contributed by atoms with Gasteiger partial charge in [-0.2, -0.15) is 5.10 Å². The molecule has 5 nitrogen and oxygen atoms in total. The van der Waals surface area contributed by atoms with E-state index < -0.39 is 0 Å². The maximum absolute atomic E-state index is 13.1. The number of nitrogens with zero attached hydrogens (tertiary/aromatic N) is 2. The van der Waals surface area contributed by atoms with Crippen LogP contribution in [-0.2, 0) is 0 Å². The minimum Gasteiger partial charge on any atom is -0.350 e. The minimum absolute atomic E-state index is 0.0568. The van der Waals surface area contributed by atoms with Gasteiger partial charge in [0.05, 0.1) is 23.5 Å². The molecule has 1 atom stereocenters. The highest BCUT2D eigenvalue weighted by Crippen LogP contribution is 2.22. The molecule has 1 amide bonds. The molecule has 0 radical (unpaired) electrons. The minimum atomic E-state index is -0.323. The smallest absolute Gasteiger partial charge is 0.255 e. The van der Waals surface area contributed by atoms with Crippen molar-refractivity contribution in [2.75, 3.05) is 20.6 Å². The van der Waals surface area contributed by atoms with E-state index in [1.165, 1.54) is 18.3 Å². The lowest BCUT2D eigenvalue weighted by Crippen LogP contribution is -2.34. The van der Waals surface area contributed by atoms with Gasteiger partial charge in [-0.05, 0) is 43.9 Å². The fourth-order valence-electron chi connectivity index (χ4n) is 2.85. The maximum atomic E-state index is 13.1. The highest BCUT2D eigenvalue weighted by Gasteiger charge is 2.19. The number of benzene rings is 2. The molecular weight excluding hydrogens is 331 g/mol. The predicted octanol–water partition coefficient (Wildman–Crippen LogP) is 3.25. The van der Waals surface area contributed by atoms with Crippen molar-refractivity contribution in [1.82, 2.24) is 20.4 Å². The third-order valence-electron chi connectivity index (χ3n) is 4.28. The highest BCUT2D eigenvalue weighted by atomic mass is 19.1. The number of H-pyrrole nitrogens is 1. The highest BCUT2D eigenvalue weighted by molar-refractivity contribution is 5.99. The fourth-order valence-corrected chi connectivity index (χ4v) is 2.85. The van der Waals surface area contributed by atoms with Gasteiger partial charge in [-0.1, -0.05) is 30.3 Å². The van der Waals surface area contributed by atoms with E-state index in [1.54, 1.807) is 12.1 Å². The molecule has 0 spiro atoms. The lowest BCUT2D eigenvalue weighted by atomic mass is 10.1. The van der Waals surface area contributed by atoms with Crippen LogP contribution in [0.25, 0.3) is 11.3 Å². The Morgan fingerprint density at radius 2 is 1.85 bits per heavy atom. The second-order valence-electron chi connectivity index (χ2n) is 6.27. The van der Waals surface area contributed by atoms with Crippen molar-refractivity contribution in [2.24, 2.45) is 0 Å². The number of hydrogen-bond acceptors (Lipinski definition) is 3. The van der Waals surface area contributed by atoms with Crippen molar-refractivity contribution in [3.63, 3.8) is 0 Å². The molecule has 134 valence electrons. The van der Waals surface area contributed by atoms with Crippen molar-refractivity contribution in [3.8, 4) is 11.3 Å². The number of rotatable bonds is 6. The van der Waals surface area contributed by atoms with Crippen LogP contribution < -0.4 is 5.32 Å². The molecule has 2 aromatic carbocycles. The zero-order valence-electron chi connectivity index (χ0n) is 14.7. The van der Waals surface area contributed by atoms with E-state index in [0.29, 0.717) is 23.4 Å². The molecule has 0 aliphatic rings. The van der Waals surface area contributed by atoms with Gasteiger partial charge in [0.15, 0.2) is 0 Å². The number of amides is 1. The van der Waals surface area contributed by atoms with Gasteiger partial charge in [0.2, 0.25) is 0 Å². The third-order valence-corrected chi connectivity index (χ3v) is 4.28. The first-order valence-electron chi connectivity index (χ1n) is 8.35. The average molecular weight is 352 g/mol. The van der Waals surface area contributed by atoms with Gasteiger partial charge in [0.1, 0.15) is 5.82 Å². The van der Waals surface area contributed by atoms with Crippen LogP contribution in [0.15, 0.2) is 60.8 Å². The molecule has 0 fully saturated rings. The summed E-state index contributed by atoms with van der Waals surface area (Å²) in [7, 11) is 3.96. The number of carbonyl (C=O) groups is 1. The summed E-state index contributed by atoms with van der Waals surface area (Å²) in [6.45, 7) is 0.462. The van der Waals surface area contributed by atoms with E-state index in [9.17, 15) is 9.18 Å². The Hall–Kier alpha value is -2.99. The molecule has 3 rings (SSSR count). The first-order valence-corrected chi connectivity index (χ1v) is 8.35. The number of aromatic nitrogens is 2. The Morgan fingerprint density at radius 1 is 1.15 bits per heavy atom. The van der Waals surface area contributed by atoms with Crippen molar-refractivity contribution in [3.05, 3.63) is 77.7 Å². The zero-order valence-corrected chi connectivity index (χ0v) is 14.7. The Bertz CT molecular complexity index is 859. The monoisotopic (exact) mass is 352 g/mol. The summed E-state index contributed by atoms with van der Waals surface area (Å²) >= 11 is 0. The van der Waals surface area contributed by atoms with Gasteiger partial charge in [0, 0.05) is 12.1 Å². The summed E-state index contributed by atoms with van der Waals surface area (Å²) in [5.41, 5.74) is 2.84. The van der Waals surface area contributed by atoms with Crippen molar-refractivity contribution < 1.29 is 9.18 Å². The molecule has 1 heterocycles. The standard InChI is InChI=1S/C20H21FN4O/c1-25(2)18(14-6-4-3-5-7-14)13-22-20(26)17-12-23-24-19(17)15-8-10-16(21)11-9-15/h3-12,18H,13H2,1-2H3,(H,22,26)(H,23,24)/t18-/m0/s1. The van der Waals surface area contributed by atoms with E-state index in [1.807, 2.05) is 44.4 Å². The summed E-state index contributed by atoms with van der Waals surface area (Å²) in [4.78, 5) is 14.7. The second-order valence-corrected chi connectivity index (χ2v) is 6.27. The summed E-state index contributed by atoms with van der Waals surface area (Å²) in [6, 6.07) is 16.0. The van der Waals surface area contributed by atoms with Crippen LogP contribution in [0.3, 0.4) is 0 Å². The van der Waals surface area contributed by atoms with E-state index in [4.69, 9.17) is 0 Å². The predicted molar refractivity (Wildman–Crippen MR) is 99.2 cm³/mol. The van der Waals surface area contributed by atoms with Gasteiger partial charge < -0.3 is 10.2 Å². The lowest BCUT2D eigenvalue weighted by Gasteiger charge is -2.25. The topological polar surface area (TPSA) is 61.0 Å². The summed E-state index contributed by atoms with van der Waals surface area (Å²) in [5, 5.41) is 9.77. The fraction of sp³-hybridized carbons (Fsp3) is 0.200. The van der Waals surface area contributed by atoms with Crippen LogP contribution in [0.4, 0.5) is 4.39 Å². The van der Waals surface area contributed by atoms with Gasteiger partial charge in [-0.25, -0.2) is 4.39 Å². The van der Waals surface area contributed by atoms with Crippen molar-refractivity contribution >= 4 is 5.91 Å². The van der Waals surface area contributed by atoms with Crippen LogP contribution in [0.5, 0.6) is 0 Å². The molecule has 1 aromatic heterocycles. The average Bonchev–Trinajstić information content (AvgIpc) is 3.13. The molecule has 0 bridgehead atoms. The van der Waals surface area contributed by atoms with Gasteiger partial charge >= 0.3 is 0 Å². The van der Waals surface area contributed by atoms with Crippen LogP contribution in [0.2, 0.25) is 0 Å². The summed E-state index contributed by atoms with van der Waals surface area (Å²) < 4.78 is 13.1. The Balaban J connectivity index is 1.74. The number of nitrogens with one attached hydrogen (secondary N) is 2. The molecule has 3 aromatic rings. The zero-order chi connectivity index (χ0) is 18.5. The Labute approximate surface area is 151 Å². The molecule has 26 heavy (non-hydrogen) atoms. The van der Waals surface area contributed by atoms with Gasteiger partial charge in [0.25, 0.3) is 5.91 Å². The molecule has 0 aliphatic carbocycles. The third kappa shape index (κ3) is 3.97. The molecule has 0 saturated heterocycles. The van der Waals surface area contributed by atoms with E-state index >= 15 is 0 Å². The number of likely N-dealkylation sites (N-methyl/N-ethyl adjacent to an activating group) is 1. The van der Waals surface area contributed by atoms with Crippen LogP contribution in [0, 0.1) is 5.82 Å². The van der Waals surface area contributed by atoms with Gasteiger partial charge in [-0.3, -0.25) is 9.89 Å². The van der Waals surface area contributed by atoms with Crippen molar-refractivity contribution in [1.29, 1.82) is 0 Å². The van der Waals surface area contributed by atoms with Crippen LogP contribution in [0.1, 0.15) is 22.0 Å². The maximum Gasteiger partial charge on any atom is 0.255 e. The quantitative estimate of drug-likeness (QED) is 0.716. The molecule has 2 N–H and O–H groups in total. The Morgan fingerprint density at radius 3 is 2.50 bits per heavy atom. The molecule has 6 heteroatoms. The molecular formula is C20H21FN4O. The largest absolute Gasteiger partial charge is 0.350 e. The number of aromatic amines is 1. The molecule has 0 unspecified atom stereocenters. The van der Waals surface area contributed by atoms with Crippen molar-refractivity contribution in [2.45, 2.75) is 6.04 Å². The number of halogens is 1.